The number of rotatable bonds is 11. The lowest BCUT2D eigenvalue weighted by Crippen LogP contribution is -2.36. The molecule has 0 radical (unpaired) electrons. The van der Waals surface area contributed by atoms with Crippen molar-refractivity contribution in [1.29, 1.82) is 0 Å². The number of pyridine rings is 2. The average molecular weight is 475 g/mol. The van der Waals surface area contributed by atoms with Crippen molar-refractivity contribution >= 4 is 16.8 Å². The van der Waals surface area contributed by atoms with Crippen LogP contribution in [0, 0.1) is 0 Å². The fourth-order valence-corrected chi connectivity index (χ4v) is 3.95. The quantitative estimate of drug-likeness (QED) is 0.309. The zero-order valence-electron chi connectivity index (χ0n) is 20.1. The largest absolute Gasteiger partial charge is 0.494 e. The first-order chi connectivity index (χ1) is 17.0. The van der Waals surface area contributed by atoms with Crippen molar-refractivity contribution < 1.29 is 13.9 Å². The molecule has 1 amide bonds. The number of ether oxygens (including phenoxy) is 1. The van der Waals surface area contributed by atoms with Crippen molar-refractivity contribution in [3.63, 3.8) is 0 Å². The highest BCUT2D eigenvalue weighted by Crippen LogP contribution is 2.19. The molecule has 8 heteroatoms. The predicted molar refractivity (Wildman–Crippen MR) is 134 cm³/mol. The Labute approximate surface area is 204 Å². The molecule has 0 N–H and O–H groups in total. The first-order valence-electron chi connectivity index (χ1n) is 11.6. The highest BCUT2D eigenvalue weighted by atomic mass is 16.5. The molecular weight excluding hydrogens is 444 g/mol. The Balaban J connectivity index is 1.32. The summed E-state index contributed by atoms with van der Waals surface area (Å²) < 4.78 is 12.7. The van der Waals surface area contributed by atoms with Crippen molar-refractivity contribution in [3.05, 3.63) is 94.9 Å². The van der Waals surface area contributed by atoms with Crippen LogP contribution in [0.4, 0.5) is 0 Å². The Bertz CT molecular complexity index is 1300. The van der Waals surface area contributed by atoms with Crippen LogP contribution in [0.5, 0.6) is 5.75 Å². The Morgan fingerprint density at radius 1 is 1.06 bits per heavy atom. The van der Waals surface area contributed by atoms with Crippen LogP contribution in [-0.4, -0.2) is 58.5 Å². The van der Waals surface area contributed by atoms with Gasteiger partial charge < -0.3 is 18.6 Å². The first kappa shape index (κ1) is 24.2. The maximum Gasteiger partial charge on any atom is 0.256 e. The highest BCUT2D eigenvalue weighted by Gasteiger charge is 2.15. The van der Waals surface area contributed by atoms with E-state index < -0.39 is 0 Å². The van der Waals surface area contributed by atoms with Crippen molar-refractivity contribution in [1.82, 2.24) is 19.4 Å². The van der Waals surface area contributed by atoms with Gasteiger partial charge in [-0.1, -0.05) is 0 Å². The van der Waals surface area contributed by atoms with E-state index in [2.05, 4.69) is 9.88 Å². The summed E-state index contributed by atoms with van der Waals surface area (Å²) in [5.74, 6) is 0.724. The second-order valence-corrected chi connectivity index (χ2v) is 8.52. The van der Waals surface area contributed by atoms with E-state index >= 15 is 0 Å². The lowest BCUT2D eigenvalue weighted by Gasteiger charge is -2.25. The molecule has 0 bridgehead atoms. The smallest absolute Gasteiger partial charge is 0.256 e. The average Bonchev–Trinajstić information content (AvgIpc) is 3.42. The number of hydrogen-bond donors (Lipinski definition) is 0. The summed E-state index contributed by atoms with van der Waals surface area (Å²) in [6.07, 6.45) is 7.39. The van der Waals surface area contributed by atoms with E-state index in [9.17, 15) is 9.59 Å². The summed E-state index contributed by atoms with van der Waals surface area (Å²) in [5.41, 5.74) is 2.57. The van der Waals surface area contributed by atoms with Gasteiger partial charge >= 0.3 is 0 Å². The predicted octanol–water partition coefficient (Wildman–Crippen LogP) is 3.57. The molecule has 0 aliphatic heterocycles. The number of aromatic nitrogens is 2. The van der Waals surface area contributed by atoms with Crippen molar-refractivity contribution in [2.24, 2.45) is 7.05 Å². The maximum atomic E-state index is 12.5. The Morgan fingerprint density at radius 2 is 1.89 bits per heavy atom. The van der Waals surface area contributed by atoms with Crippen LogP contribution in [-0.2, 0) is 13.6 Å². The molecule has 3 heterocycles. The molecular formula is C27H30N4O4. The summed E-state index contributed by atoms with van der Waals surface area (Å²) in [5, 5.41) is 0.967. The molecule has 0 saturated carbocycles. The number of hydrogen-bond acceptors (Lipinski definition) is 6. The van der Waals surface area contributed by atoms with Crippen molar-refractivity contribution in [2.45, 2.75) is 13.0 Å². The molecule has 3 aromatic heterocycles. The van der Waals surface area contributed by atoms with E-state index in [1.165, 1.54) is 18.1 Å². The van der Waals surface area contributed by atoms with Crippen LogP contribution in [0.2, 0.25) is 0 Å². The van der Waals surface area contributed by atoms with Gasteiger partial charge in [-0.15, -0.1) is 0 Å². The fraction of sp³-hybridized carbons (Fsp3) is 0.296. The molecule has 0 atom stereocenters. The van der Waals surface area contributed by atoms with E-state index in [4.69, 9.17) is 9.15 Å². The molecule has 35 heavy (non-hydrogen) atoms. The van der Waals surface area contributed by atoms with E-state index in [0.717, 1.165) is 42.7 Å². The number of fused-ring (bicyclic) bond motifs is 1. The molecule has 182 valence electrons. The second kappa shape index (κ2) is 11.5. The molecule has 8 nitrogen and oxygen atoms in total. The molecule has 0 saturated heterocycles. The standard InChI is InChI=1S/C27H30N4O4/c1-29(27(33)23-10-17-34-20-23)14-15-31(19-21-8-11-28-12-9-21)13-3-16-35-24-5-6-25-22(18-24)4-7-26(32)30(25)2/h4-12,17-18,20H,3,13-16,19H2,1-2H3. The summed E-state index contributed by atoms with van der Waals surface area (Å²) in [4.78, 5) is 32.5. The number of furan rings is 1. The number of aryl methyl sites for hydroxylation is 1. The molecule has 0 fully saturated rings. The Morgan fingerprint density at radius 3 is 2.66 bits per heavy atom. The topological polar surface area (TPSA) is 80.8 Å². The lowest BCUT2D eigenvalue weighted by molar-refractivity contribution is 0.0773. The molecule has 0 unspecified atom stereocenters. The minimum Gasteiger partial charge on any atom is -0.494 e. The Hall–Kier alpha value is -3.91. The van der Waals surface area contributed by atoms with Gasteiger partial charge in [0.1, 0.15) is 12.0 Å². The third-order valence-corrected chi connectivity index (χ3v) is 6.01. The normalized spacial score (nSPS) is 11.2. The van der Waals surface area contributed by atoms with Gasteiger partial charge in [0.2, 0.25) is 0 Å². The van der Waals surface area contributed by atoms with Gasteiger partial charge in [-0.25, -0.2) is 0 Å². The summed E-state index contributed by atoms with van der Waals surface area (Å²) in [7, 11) is 3.57. The number of amides is 1. The van der Waals surface area contributed by atoms with Gasteiger partial charge in [-0.05, 0) is 54.4 Å². The van der Waals surface area contributed by atoms with Crippen LogP contribution in [0.1, 0.15) is 22.3 Å². The summed E-state index contributed by atoms with van der Waals surface area (Å²) in [6.45, 7) is 3.47. The maximum absolute atomic E-state index is 12.5. The number of likely N-dealkylation sites (N-methyl/N-ethyl adjacent to an activating group) is 1. The van der Waals surface area contributed by atoms with E-state index in [1.54, 1.807) is 48.1 Å². The van der Waals surface area contributed by atoms with E-state index in [-0.39, 0.29) is 11.5 Å². The second-order valence-electron chi connectivity index (χ2n) is 8.52. The number of benzene rings is 1. The number of carbonyl (C=O) groups excluding carboxylic acids is 1. The minimum atomic E-state index is -0.0558. The van der Waals surface area contributed by atoms with E-state index in [1.807, 2.05) is 36.4 Å². The van der Waals surface area contributed by atoms with Crippen LogP contribution < -0.4 is 10.3 Å². The zero-order valence-corrected chi connectivity index (χ0v) is 20.1. The molecule has 0 aliphatic rings. The molecule has 0 aliphatic carbocycles. The van der Waals surface area contributed by atoms with Crippen LogP contribution in [0.25, 0.3) is 10.9 Å². The fourth-order valence-electron chi connectivity index (χ4n) is 3.95. The van der Waals surface area contributed by atoms with Gasteiger partial charge in [0.05, 0.1) is 24.0 Å². The minimum absolute atomic E-state index is 0.0300. The zero-order chi connectivity index (χ0) is 24.6. The molecule has 1 aromatic carbocycles. The van der Waals surface area contributed by atoms with Gasteiger partial charge in [0.15, 0.2) is 0 Å². The summed E-state index contributed by atoms with van der Waals surface area (Å²) >= 11 is 0. The van der Waals surface area contributed by atoms with Crippen molar-refractivity contribution in [3.8, 4) is 5.75 Å². The van der Waals surface area contributed by atoms with Gasteiger partial charge in [0.25, 0.3) is 11.5 Å². The first-order valence-corrected chi connectivity index (χ1v) is 11.6. The lowest BCUT2D eigenvalue weighted by atomic mass is 10.2. The number of carbonyl (C=O) groups is 1. The summed E-state index contributed by atoms with van der Waals surface area (Å²) in [6, 6.07) is 14.8. The van der Waals surface area contributed by atoms with Crippen LogP contribution in [0.3, 0.4) is 0 Å². The van der Waals surface area contributed by atoms with Crippen LogP contribution in [0.15, 0.2) is 82.7 Å². The third kappa shape index (κ3) is 6.36. The number of nitrogens with zero attached hydrogens (tertiary/aromatic N) is 4. The van der Waals surface area contributed by atoms with E-state index in [0.29, 0.717) is 18.7 Å². The molecule has 0 spiro atoms. The van der Waals surface area contributed by atoms with Gasteiger partial charge in [-0.2, -0.15) is 0 Å². The SMILES string of the molecule is CN(CCN(CCCOc1ccc2c(ccc(=O)n2C)c1)Cc1ccncc1)C(=O)c1ccoc1. The molecule has 4 aromatic rings. The Kier molecular flexibility index (Phi) is 7.95. The molecule has 4 rings (SSSR count). The monoisotopic (exact) mass is 474 g/mol. The highest BCUT2D eigenvalue weighted by molar-refractivity contribution is 5.93. The van der Waals surface area contributed by atoms with Gasteiger partial charge in [-0.3, -0.25) is 19.5 Å². The van der Waals surface area contributed by atoms with Gasteiger partial charge in [0, 0.05) is 64.1 Å². The third-order valence-electron chi connectivity index (χ3n) is 6.01. The van der Waals surface area contributed by atoms with Crippen molar-refractivity contribution in [2.75, 3.05) is 33.3 Å². The van der Waals surface area contributed by atoms with Crippen LogP contribution >= 0.6 is 0 Å².